The fourth-order valence-corrected chi connectivity index (χ4v) is 7.47. The van der Waals surface area contributed by atoms with Gasteiger partial charge < -0.3 is 19.4 Å². The van der Waals surface area contributed by atoms with Crippen molar-refractivity contribution in [3.05, 3.63) is 109 Å². The van der Waals surface area contributed by atoms with Gasteiger partial charge in [-0.2, -0.15) is 0 Å². The van der Waals surface area contributed by atoms with Crippen molar-refractivity contribution in [3.63, 3.8) is 0 Å². The quantitative estimate of drug-likeness (QED) is 0.0156. The summed E-state index contributed by atoms with van der Waals surface area (Å²) in [6.45, 7) is 6.66. The molecule has 10 heteroatoms. The molecule has 0 rings (SSSR count). The highest BCUT2D eigenvalue weighted by Crippen LogP contribution is 2.43. The summed E-state index contributed by atoms with van der Waals surface area (Å²) in [6.07, 6.45) is 62.4. The summed E-state index contributed by atoms with van der Waals surface area (Å²) in [7, 11) is 1.43. The number of hydrogen-bond acceptors (Lipinski definition) is 6. The number of quaternary nitrogens is 1. The van der Waals surface area contributed by atoms with E-state index in [1.165, 1.54) is 44.9 Å². The van der Waals surface area contributed by atoms with Gasteiger partial charge >= 0.3 is 13.8 Å². The van der Waals surface area contributed by atoms with Crippen LogP contribution in [0.25, 0.3) is 0 Å². The van der Waals surface area contributed by atoms with E-state index in [1.807, 2.05) is 39.4 Å². The zero-order valence-corrected chi connectivity index (χ0v) is 44.2. The van der Waals surface area contributed by atoms with Crippen LogP contribution in [0.5, 0.6) is 0 Å². The normalized spacial score (nSPS) is 14.8. The predicted octanol–water partition coefficient (Wildman–Crippen LogP) is 15.4. The highest BCUT2D eigenvalue weighted by atomic mass is 31.2. The van der Waals surface area contributed by atoms with Gasteiger partial charge in [0.2, 0.25) is 5.91 Å². The number of unbranched alkanes of at least 4 members (excludes halogenated alkanes) is 15. The monoisotopic (exact) mass is 954 g/mol. The second-order valence-electron chi connectivity index (χ2n) is 18.3. The van der Waals surface area contributed by atoms with E-state index >= 15 is 0 Å². The van der Waals surface area contributed by atoms with E-state index in [1.54, 1.807) is 0 Å². The minimum Gasteiger partial charge on any atom is -0.456 e. The molecule has 9 nitrogen and oxygen atoms in total. The van der Waals surface area contributed by atoms with Gasteiger partial charge in [-0.25, -0.2) is 4.57 Å². The molecule has 0 saturated heterocycles. The lowest BCUT2D eigenvalue weighted by molar-refractivity contribution is -0.870. The van der Waals surface area contributed by atoms with Crippen molar-refractivity contribution in [2.24, 2.45) is 0 Å². The molecule has 0 aliphatic heterocycles. The van der Waals surface area contributed by atoms with Gasteiger partial charge in [0, 0.05) is 12.8 Å². The van der Waals surface area contributed by atoms with E-state index in [0.29, 0.717) is 23.9 Å². The molecule has 0 aliphatic carbocycles. The van der Waals surface area contributed by atoms with Gasteiger partial charge in [0.25, 0.3) is 0 Å². The Morgan fingerprint density at radius 1 is 0.552 bits per heavy atom. The molecular weight excluding hydrogens is 856 g/mol. The second-order valence-corrected chi connectivity index (χ2v) is 19.8. The minimum atomic E-state index is -4.47. The molecule has 0 aliphatic rings. The topological polar surface area (TPSA) is 111 Å². The number of phosphoric ester groups is 1. The number of carbonyl (C=O) groups is 2. The predicted molar refractivity (Wildman–Crippen MR) is 286 cm³/mol. The van der Waals surface area contributed by atoms with E-state index in [-0.39, 0.29) is 37.9 Å². The molecular formula is C57H98N2O7P+. The molecule has 0 spiro atoms. The summed E-state index contributed by atoms with van der Waals surface area (Å²) in [5, 5.41) is 2.99. The first-order chi connectivity index (χ1) is 32.4. The zero-order valence-electron chi connectivity index (χ0n) is 43.3. The summed E-state index contributed by atoms with van der Waals surface area (Å²) < 4.78 is 30.4. The third-order valence-electron chi connectivity index (χ3n) is 10.8. The van der Waals surface area contributed by atoms with E-state index in [0.717, 1.165) is 96.3 Å². The number of esters is 1. The Bertz CT molecular complexity index is 1520. The molecule has 0 bridgehead atoms. The first kappa shape index (κ1) is 63.7. The number of phosphoric acid groups is 1. The molecule has 2 N–H and O–H groups in total. The number of carbonyl (C=O) groups excluding carboxylic acids is 2. The van der Waals surface area contributed by atoms with Crippen molar-refractivity contribution in [1.82, 2.24) is 5.32 Å². The van der Waals surface area contributed by atoms with Crippen molar-refractivity contribution in [3.8, 4) is 0 Å². The van der Waals surface area contributed by atoms with Crippen LogP contribution in [0, 0.1) is 0 Å². The van der Waals surface area contributed by atoms with E-state index < -0.39 is 20.0 Å². The number of likely N-dealkylation sites (N-methyl/N-ethyl adjacent to an activating group) is 1. The largest absolute Gasteiger partial charge is 0.472 e. The molecule has 0 aromatic rings. The fourth-order valence-electron chi connectivity index (χ4n) is 6.74. The molecule has 0 saturated carbocycles. The number of ether oxygens (including phenoxy) is 1. The summed E-state index contributed by atoms with van der Waals surface area (Å²) in [6, 6.07) is -0.891. The van der Waals surface area contributed by atoms with Gasteiger partial charge in [-0.15, -0.1) is 0 Å². The Morgan fingerprint density at radius 3 is 1.61 bits per heavy atom. The first-order valence-electron chi connectivity index (χ1n) is 26.2. The summed E-state index contributed by atoms with van der Waals surface area (Å²) in [4.78, 5) is 37.4. The molecule has 3 unspecified atom stereocenters. The Kier molecular flexibility index (Phi) is 44.1. The van der Waals surface area contributed by atoms with E-state index in [9.17, 15) is 19.0 Å². The molecule has 67 heavy (non-hydrogen) atoms. The Labute approximate surface area is 410 Å². The van der Waals surface area contributed by atoms with E-state index in [2.05, 4.69) is 117 Å². The van der Waals surface area contributed by atoms with Crippen LogP contribution < -0.4 is 5.32 Å². The van der Waals surface area contributed by atoms with E-state index in [4.69, 9.17) is 13.8 Å². The zero-order chi connectivity index (χ0) is 49.4. The van der Waals surface area contributed by atoms with Gasteiger partial charge in [-0.1, -0.05) is 195 Å². The van der Waals surface area contributed by atoms with Gasteiger partial charge in [-0.05, 0) is 89.5 Å². The third kappa shape index (κ3) is 47.5. The average Bonchev–Trinajstić information content (AvgIpc) is 3.28. The van der Waals surface area contributed by atoms with Crippen LogP contribution in [-0.2, 0) is 27.9 Å². The van der Waals surface area contributed by atoms with Gasteiger partial charge in [0.05, 0.1) is 33.8 Å². The molecule has 0 aromatic heterocycles. The smallest absolute Gasteiger partial charge is 0.456 e. The van der Waals surface area contributed by atoms with Crippen LogP contribution in [0.4, 0.5) is 0 Å². The average molecular weight is 954 g/mol. The number of amides is 1. The highest BCUT2D eigenvalue weighted by Gasteiger charge is 2.30. The maximum atomic E-state index is 13.4. The van der Waals surface area contributed by atoms with Crippen LogP contribution in [0.15, 0.2) is 109 Å². The van der Waals surface area contributed by atoms with Crippen molar-refractivity contribution >= 4 is 19.7 Å². The van der Waals surface area contributed by atoms with Crippen LogP contribution in [-0.4, -0.2) is 74.3 Å². The van der Waals surface area contributed by atoms with Crippen molar-refractivity contribution in [2.75, 3.05) is 40.9 Å². The molecule has 0 radical (unpaired) electrons. The molecule has 0 fully saturated rings. The third-order valence-corrected chi connectivity index (χ3v) is 11.8. The van der Waals surface area contributed by atoms with Crippen LogP contribution in [0.1, 0.15) is 188 Å². The van der Waals surface area contributed by atoms with Crippen molar-refractivity contribution in [2.45, 2.75) is 200 Å². The number of nitrogens with one attached hydrogen (secondary N) is 1. The van der Waals surface area contributed by atoms with Gasteiger partial charge in [0.1, 0.15) is 19.3 Å². The summed E-state index contributed by atoms with van der Waals surface area (Å²) in [5.41, 5.74) is 0. The second kappa shape index (κ2) is 46.4. The molecule has 0 aromatic carbocycles. The number of rotatable bonds is 45. The maximum absolute atomic E-state index is 13.4. The molecule has 1 amide bonds. The molecule has 382 valence electrons. The Hall–Kier alpha value is -3.33. The Morgan fingerprint density at radius 2 is 1.04 bits per heavy atom. The fraction of sp³-hybridized carbons (Fsp3) is 0.649. The Balaban J connectivity index is 5.53. The van der Waals surface area contributed by atoms with Gasteiger partial charge in [0.15, 0.2) is 0 Å². The lowest BCUT2D eigenvalue weighted by Crippen LogP contribution is -2.47. The van der Waals surface area contributed by atoms with Crippen LogP contribution in [0.2, 0.25) is 0 Å². The summed E-state index contributed by atoms with van der Waals surface area (Å²) >= 11 is 0. The highest BCUT2D eigenvalue weighted by molar-refractivity contribution is 7.47. The summed E-state index contributed by atoms with van der Waals surface area (Å²) in [5.74, 6) is -0.610. The molecule has 0 heterocycles. The van der Waals surface area contributed by atoms with Crippen molar-refractivity contribution in [1.29, 1.82) is 0 Å². The maximum Gasteiger partial charge on any atom is 0.472 e. The lowest BCUT2D eigenvalue weighted by atomic mass is 10.1. The van der Waals surface area contributed by atoms with Crippen LogP contribution in [0.3, 0.4) is 0 Å². The van der Waals surface area contributed by atoms with Crippen molar-refractivity contribution < 1.29 is 37.3 Å². The van der Waals surface area contributed by atoms with Gasteiger partial charge in [-0.3, -0.25) is 18.6 Å². The standard InChI is InChI=1S/C57H97N2O7P/c1-7-10-13-16-19-22-25-27-28-29-30-32-34-37-40-43-46-49-56(60)58-54(53-65-67(62,63)64-52-51-59(4,5)6)55(48-45-42-39-36-33-24-21-18-15-12-9-3)66-57(61)50-47-44-41-38-35-31-26-23-20-17-14-11-8-2/h10-11,13-14,17,19-20,22-23,26-28,30,32,37,40,45,48,54-55H,7-9,12,15-16,18,21,24-25,29,31,33-36,38-39,41-44,46-47,49-53H2,1-6H3,(H-,58,60,62,63)/p+1/b13-10-,14-11+,20-17+,22-19-,26-23-,28-27-,32-30-,40-37-,48-45-. The minimum absolute atomic E-state index is 0.0200. The SMILES string of the molecule is CC/C=C\C/C=C\C/C=C\C/C=C\C/C=C\CCCC(=O)NC(COP(=O)(O)OCC[N+](C)(C)C)C(/C=C\CCCCCCCCCCC)OC(=O)CCCCCCC\C=C/C=C/C=C/CC. The number of hydrogen-bond donors (Lipinski definition) is 2. The first-order valence-corrected chi connectivity index (χ1v) is 27.7. The van der Waals surface area contributed by atoms with Crippen LogP contribution >= 0.6 is 7.82 Å². The lowest BCUT2D eigenvalue weighted by Gasteiger charge is -2.27. The molecule has 3 atom stereocenters. The number of nitrogens with zero attached hydrogens (tertiary/aromatic N) is 1. The number of allylic oxidation sites excluding steroid dienone is 17.